The summed E-state index contributed by atoms with van der Waals surface area (Å²) in [6.45, 7) is 2.82. The maximum atomic E-state index is 12.7. The van der Waals surface area contributed by atoms with Gasteiger partial charge in [0.05, 0.1) is 6.61 Å². The van der Waals surface area contributed by atoms with Crippen LogP contribution in [0.2, 0.25) is 0 Å². The Hall–Kier alpha value is 0.300. The number of hydrogen-bond acceptors (Lipinski definition) is 12. The predicted molar refractivity (Wildman–Crippen MR) is 158 cm³/mol. The second-order valence-electron chi connectivity index (χ2n) is 12.1. The molecule has 6 aliphatic rings. The van der Waals surface area contributed by atoms with Crippen molar-refractivity contribution in [1.29, 1.82) is 0 Å². The maximum Gasteiger partial charge on any atom is 0.217 e. The number of ether oxygens (including phenoxy) is 9. The molecule has 0 aromatic rings. The first-order valence-corrected chi connectivity index (χ1v) is 18.5. The van der Waals surface area contributed by atoms with E-state index in [0.717, 1.165) is 95.0 Å². The number of aliphatic hydroxyl groups is 1. The van der Waals surface area contributed by atoms with Gasteiger partial charge in [-0.1, -0.05) is 0 Å². The van der Waals surface area contributed by atoms with Gasteiger partial charge in [-0.3, -0.25) is 0 Å². The largest absolute Gasteiger partial charge is 0.362 e. The average molecular weight is 635 g/mol. The smallest absolute Gasteiger partial charge is 0.217 e. The van der Waals surface area contributed by atoms with Crippen LogP contribution in [0.25, 0.3) is 0 Å². The van der Waals surface area contributed by atoms with Crippen LogP contribution in [-0.2, 0) is 42.6 Å². The molecule has 0 amide bonds. The second-order valence-corrected chi connectivity index (χ2v) is 14.8. The lowest BCUT2D eigenvalue weighted by Gasteiger charge is -2.54. The SMILES string of the molecule is OC1(C2SCCCS2)O[C@H](COC2CCCCO2)[C@@H](OC2CCCCO2)[C@H](OC2CCCCO2)[C@H]1OC1CCCCO1. The van der Waals surface area contributed by atoms with E-state index in [0.29, 0.717) is 26.4 Å². The van der Waals surface area contributed by atoms with Gasteiger partial charge in [0, 0.05) is 26.4 Å². The van der Waals surface area contributed by atoms with Crippen LogP contribution in [0.4, 0.5) is 0 Å². The van der Waals surface area contributed by atoms with Crippen molar-refractivity contribution in [3.8, 4) is 0 Å². The summed E-state index contributed by atoms with van der Waals surface area (Å²) in [6.07, 6.45) is 8.09. The zero-order chi connectivity index (χ0) is 28.6. The van der Waals surface area contributed by atoms with Gasteiger partial charge in [0.2, 0.25) is 5.79 Å². The fourth-order valence-corrected chi connectivity index (χ4v) is 9.60. The monoisotopic (exact) mass is 634 g/mol. The fraction of sp³-hybridized carbons (Fsp3) is 1.00. The van der Waals surface area contributed by atoms with Gasteiger partial charge < -0.3 is 47.7 Å². The summed E-state index contributed by atoms with van der Waals surface area (Å²) >= 11 is 3.43. The molecule has 6 saturated heterocycles. The molecule has 242 valence electrons. The molecule has 0 radical (unpaired) electrons. The summed E-state index contributed by atoms with van der Waals surface area (Å²) < 4.78 is 57.2. The van der Waals surface area contributed by atoms with Gasteiger partial charge >= 0.3 is 0 Å². The molecular formula is C30H50O10S2. The molecule has 1 N–H and O–H groups in total. The molecule has 6 aliphatic heterocycles. The summed E-state index contributed by atoms with van der Waals surface area (Å²) in [4.78, 5) is 0. The highest BCUT2D eigenvalue weighted by atomic mass is 32.2. The molecule has 5 unspecified atom stereocenters. The summed E-state index contributed by atoms with van der Waals surface area (Å²) in [5.41, 5.74) is 0. The first-order valence-electron chi connectivity index (χ1n) is 16.4. The normalized spacial score (nSPS) is 42.8. The van der Waals surface area contributed by atoms with Crippen LogP contribution in [0.3, 0.4) is 0 Å². The molecule has 10 nitrogen and oxygen atoms in total. The van der Waals surface area contributed by atoms with Crippen molar-refractivity contribution in [3.05, 3.63) is 0 Å². The number of thioether (sulfide) groups is 2. The molecule has 0 aliphatic carbocycles. The Bertz CT molecular complexity index is 782. The van der Waals surface area contributed by atoms with Crippen molar-refractivity contribution in [1.82, 2.24) is 0 Å². The Morgan fingerprint density at radius 1 is 0.595 bits per heavy atom. The van der Waals surface area contributed by atoms with Gasteiger partial charge in [-0.25, -0.2) is 0 Å². The van der Waals surface area contributed by atoms with E-state index in [1.54, 1.807) is 23.5 Å². The third kappa shape index (κ3) is 8.36. The van der Waals surface area contributed by atoms with Crippen molar-refractivity contribution in [2.24, 2.45) is 0 Å². The van der Waals surface area contributed by atoms with Gasteiger partial charge in [-0.2, -0.15) is 0 Å². The second kappa shape index (κ2) is 16.2. The van der Waals surface area contributed by atoms with E-state index >= 15 is 0 Å². The van der Waals surface area contributed by atoms with Crippen LogP contribution in [0.5, 0.6) is 0 Å². The van der Waals surface area contributed by atoms with Crippen molar-refractivity contribution < 1.29 is 47.7 Å². The topological polar surface area (TPSA) is 103 Å². The van der Waals surface area contributed by atoms with E-state index in [4.69, 9.17) is 42.6 Å². The van der Waals surface area contributed by atoms with Crippen LogP contribution in [0.15, 0.2) is 0 Å². The van der Waals surface area contributed by atoms with E-state index < -0.39 is 49.1 Å². The number of rotatable bonds is 10. The zero-order valence-corrected chi connectivity index (χ0v) is 26.4. The third-order valence-corrected chi connectivity index (χ3v) is 12.0. The van der Waals surface area contributed by atoms with Gasteiger partial charge in [-0.15, -0.1) is 23.5 Å². The van der Waals surface area contributed by atoms with Crippen LogP contribution < -0.4 is 0 Å². The molecule has 6 fully saturated rings. The minimum atomic E-state index is -1.66. The predicted octanol–water partition coefficient (Wildman–Crippen LogP) is 4.55. The van der Waals surface area contributed by atoms with Gasteiger partial charge in [0.1, 0.15) is 29.0 Å². The Kier molecular flexibility index (Phi) is 12.5. The van der Waals surface area contributed by atoms with Gasteiger partial charge in [0.15, 0.2) is 25.2 Å². The lowest BCUT2D eigenvalue weighted by atomic mass is 9.92. The van der Waals surface area contributed by atoms with Crippen LogP contribution >= 0.6 is 23.5 Å². The van der Waals surface area contributed by atoms with E-state index in [2.05, 4.69) is 0 Å². The van der Waals surface area contributed by atoms with E-state index in [1.165, 1.54) is 0 Å². The highest BCUT2D eigenvalue weighted by Crippen LogP contribution is 2.47. The molecule has 0 saturated carbocycles. The Morgan fingerprint density at radius 3 is 1.62 bits per heavy atom. The Labute approximate surface area is 258 Å². The minimum Gasteiger partial charge on any atom is -0.362 e. The molecule has 6 heterocycles. The highest BCUT2D eigenvalue weighted by molar-refractivity contribution is 8.17. The molecule has 6 rings (SSSR count). The molecule has 12 heteroatoms. The van der Waals surface area contributed by atoms with E-state index in [1.807, 2.05) is 0 Å². The molecule has 9 atom stereocenters. The maximum absolute atomic E-state index is 12.7. The third-order valence-electron chi connectivity index (χ3n) is 8.82. The first kappa shape index (κ1) is 32.2. The lowest BCUT2D eigenvalue weighted by Crippen LogP contribution is -2.71. The van der Waals surface area contributed by atoms with Crippen LogP contribution in [0, 0.1) is 0 Å². The van der Waals surface area contributed by atoms with Crippen molar-refractivity contribution >= 4 is 23.5 Å². The molecule has 0 aromatic carbocycles. The van der Waals surface area contributed by atoms with E-state index in [-0.39, 0.29) is 17.5 Å². The average Bonchev–Trinajstić information content (AvgIpc) is 3.05. The molecule has 0 bridgehead atoms. The molecular weight excluding hydrogens is 584 g/mol. The van der Waals surface area contributed by atoms with Gasteiger partial charge in [0.25, 0.3) is 0 Å². The minimum absolute atomic E-state index is 0.199. The van der Waals surface area contributed by atoms with E-state index in [9.17, 15) is 5.11 Å². The lowest BCUT2D eigenvalue weighted by molar-refractivity contribution is -0.403. The Balaban J connectivity index is 1.32. The van der Waals surface area contributed by atoms with Crippen molar-refractivity contribution in [2.45, 2.75) is 143 Å². The molecule has 0 aromatic heterocycles. The van der Waals surface area contributed by atoms with Crippen LogP contribution in [0.1, 0.15) is 83.5 Å². The molecule has 0 spiro atoms. The standard InChI is InChI=1S/C30H50O10S2/c31-30(29-41-18-9-19-42-29)28(39-25-13-4-8-17-35-25)27(38-24-12-3-7-16-34-24)26(37-23-11-2-6-15-33-23)21(40-30)20-36-22-10-1-5-14-32-22/h21-29,31H,1-20H2/t21-,22?,23?,24?,25?,26-,27+,28-,30?/m1/s1. The summed E-state index contributed by atoms with van der Waals surface area (Å²) in [7, 11) is 0. The summed E-state index contributed by atoms with van der Waals surface area (Å²) in [5.74, 6) is 0.227. The zero-order valence-electron chi connectivity index (χ0n) is 24.8. The van der Waals surface area contributed by atoms with Crippen molar-refractivity contribution in [2.75, 3.05) is 44.5 Å². The molecule has 42 heavy (non-hydrogen) atoms. The van der Waals surface area contributed by atoms with Gasteiger partial charge in [-0.05, 0) is 95.0 Å². The summed E-state index contributed by atoms with van der Waals surface area (Å²) in [5, 5.41) is 12.7. The van der Waals surface area contributed by atoms with Crippen molar-refractivity contribution in [3.63, 3.8) is 0 Å². The first-order chi connectivity index (χ1) is 20.7. The Morgan fingerprint density at radius 2 is 1.10 bits per heavy atom. The number of hydrogen-bond donors (Lipinski definition) is 1. The fourth-order valence-electron chi connectivity index (χ4n) is 6.54. The summed E-state index contributed by atoms with van der Waals surface area (Å²) in [6, 6.07) is 0. The highest BCUT2D eigenvalue weighted by Gasteiger charge is 2.62. The quantitative estimate of drug-likeness (QED) is 0.365. The van der Waals surface area contributed by atoms with Crippen LogP contribution in [-0.4, -0.2) is 110 Å².